The lowest BCUT2D eigenvalue weighted by Crippen LogP contribution is -2.44. The molecule has 1 saturated heterocycles. The van der Waals surface area contributed by atoms with Crippen LogP contribution in [0.2, 0.25) is 0 Å². The molecule has 1 aliphatic rings. The van der Waals surface area contributed by atoms with Gasteiger partial charge in [-0.05, 0) is 0 Å². The first-order valence-corrected chi connectivity index (χ1v) is 6.98. The maximum atomic E-state index is 11.6. The van der Waals surface area contributed by atoms with Crippen LogP contribution in [0.1, 0.15) is 0 Å². The summed E-state index contributed by atoms with van der Waals surface area (Å²) in [6, 6.07) is 0. The van der Waals surface area contributed by atoms with E-state index in [1.807, 2.05) is 0 Å². The SMILES string of the molecule is NC(=S)CS(=O)(=O)CC(=O)N1CCOCC1. The molecule has 0 spiro atoms. The highest BCUT2D eigenvalue weighted by Crippen LogP contribution is 2.00. The number of ether oxygens (including phenoxy) is 1. The van der Waals surface area contributed by atoms with Gasteiger partial charge in [0.05, 0.1) is 18.2 Å². The van der Waals surface area contributed by atoms with Crippen LogP contribution in [0, 0.1) is 0 Å². The van der Waals surface area contributed by atoms with Crippen LogP contribution in [0.4, 0.5) is 0 Å². The molecule has 16 heavy (non-hydrogen) atoms. The standard InChI is InChI=1S/C8H14N2O4S2/c9-7(15)5-16(12,13)6-8(11)10-1-3-14-4-2-10/h1-6H2,(H2,9,15). The second-order valence-corrected chi connectivity index (χ2v) is 6.08. The van der Waals surface area contributed by atoms with Gasteiger partial charge >= 0.3 is 0 Å². The topological polar surface area (TPSA) is 89.7 Å². The van der Waals surface area contributed by atoms with E-state index >= 15 is 0 Å². The van der Waals surface area contributed by atoms with Crippen molar-refractivity contribution in [3.63, 3.8) is 0 Å². The molecule has 92 valence electrons. The Bertz CT molecular complexity index is 373. The number of sulfone groups is 1. The zero-order valence-electron chi connectivity index (χ0n) is 8.72. The molecule has 0 aromatic heterocycles. The molecule has 0 aromatic carbocycles. The normalized spacial score (nSPS) is 17.1. The van der Waals surface area contributed by atoms with E-state index in [1.54, 1.807) is 0 Å². The van der Waals surface area contributed by atoms with Gasteiger partial charge in [0, 0.05) is 13.1 Å². The average molecular weight is 266 g/mol. The minimum absolute atomic E-state index is 0.116. The van der Waals surface area contributed by atoms with Crippen LogP contribution in [0.5, 0.6) is 0 Å². The number of thiocarbonyl (C=S) groups is 1. The molecule has 1 heterocycles. The molecule has 6 nitrogen and oxygen atoms in total. The summed E-state index contributed by atoms with van der Waals surface area (Å²) >= 11 is 4.51. The number of carbonyl (C=O) groups excluding carboxylic acids is 1. The van der Waals surface area contributed by atoms with Gasteiger partial charge in [-0.25, -0.2) is 8.42 Å². The Labute approximate surface area is 99.6 Å². The number of nitrogens with zero attached hydrogens (tertiary/aromatic N) is 1. The summed E-state index contributed by atoms with van der Waals surface area (Å²) in [5.41, 5.74) is 5.14. The van der Waals surface area contributed by atoms with Gasteiger partial charge in [0.15, 0.2) is 9.84 Å². The number of hydrogen-bond donors (Lipinski definition) is 1. The zero-order valence-corrected chi connectivity index (χ0v) is 10.3. The Morgan fingerprint density at radius 1 is 1.31 bits per heavy atom. The fraction of sp³-hybridized carbons (Fsp3) is 0.750. The molecule has 0 atom stereocenters. The third-order valence-corrected chi connectivity index (χ3v) is 3.83. The fourth-order valence-corrected chi connectivity index (χ4v) is 2.99. The van der Waals surface area contributed by atoms with Crippen molar-refractivity contribution in [3.05, 3.63) is 0 Å². The van der Waals surface area contributed by atoms with E-state index in [0.29, 0.717) is 26.3 Å². The molecular weight excluding hydrogens is 252 g/mol. The molecular formula is C8H14N2O4S2. The number of rotatable bonds is 4. The van der Waals surface area contributed by atoms with Gasteiger partial charge < -0.3 is 15.4 Å². The van der Waals surface area contributed by atoms with Gasteiger partial charge in [-0.2, -0.15) is 0 Å². The first kappa shape index (κ1) is 13.3. The van der Waals surface area contributed by atoms with E-state index in [9.17, 15) is 13.2 Å². The summed E-state index contributed by atoms with van der Waals surface area (Å²) in [6.45, 7) is 1.75. The maximum absolute atomic E-state index is 11.6. The third-order valence-electron chi connectivity index (χ3n) is 2.07. The van der Waals surface area contributed by atoms with Crippen LogP contribution in [0.25, 0.3) is 0 Å². The molecule has 1 rings (SSSR count). The van der Waals surface area contributed by atoms with Crippen molar-refractivity contribution < 1.29 is 17.9 Å². The van der Waals surface area contributed by atoms with Crippen LogP contribution >= 0.6 is 12.2 Å². The first-order valence-electron chi connectivity index (χ1n) is 4.75. The Balaban J connectivity index is 2.52. The molecule has 0 aromatic rings. The van der Waals surface area contributed by atoms with Gasteiger partial charge in [-0.1, -0.05) is 12.2 Å². The van der Waals surface area contributed by atoms with E-state index in [2.05, 4.69) is 12.2 Å². The van der Waals surface area contributed by atoms with E-state index in [0.717, 1.165) is 0 Å². The average Bonchev–Trinajstić information content (AvgIpc) is 2.16. The molecule has 1 amide bonds. The lowest BCUT2D eigenvalue weighted by molar-refractivity contribution is -0.132. The van der Waals surface area contributed by atoms with Gasteiger partial charge in [-0.3, -0.25) is 4.79 Å². The Morgan fingerprint density at radius 3 is 2.38 bits per heavy atom. The lowest BCUT2D eigenvalue weighted by Gasteiger charge is -2.26. The molecule has 0 bridgehead atoms. The molecule has 0 unspecified atom stereocenters. The lowest BCUT2D eigenvalue weighted by atomic mass is 10.4. The summed E-state index contributed by atoms with van der Waals surface area (Å²) < 4.78 is 28.0. The van der Waals surface area contributed by atoms with Crippen molar-refractivity contribution in [2.45, 2.75) is 0 Å². The molecule has 2 N–H and O–H groups in total. The second-order valence-electron chi connectivity index (χ2n) is 3.49. The summed E-state index contributed by atoms with van der Waals surface area (Å²) in [4.78, 5) is 13.0. The monoisotopic (exact) mass is 266 g/mol. The van der Waals surface area contributed by atoms with Crippen molar-refractivity contribution >= 4 is 33.0 Å². The quantitative estimate of drug-likeness (QED) is 0.626. The van der Waals surface area contributed by atoms with Gasteiger partial charge in [-0.15, -0.1) is 0 Å². The molecule has 0 saturated carbocycles. The Hall–Kier alpha value is -0.730. The van der Waals surface area contributed by atoms with Gasteiger partial charge in [0.25, 0.3) is 0 Å². The highest BCUT2D eigenvalue weighted by molar-refractivity contribution is 7.94. The van der Waals surface area contributed by atoms with Crippen molar-refractivity contribution in [2.24, 2.45) is 5.73 Å². The zero-order chi connectivity index (χ0) is 12.2. The van der Waals surface area contributed by atoms with Crippen LogP contribution in [-0.4, -0.2) is 62.0 Å². The van der Waals surface area contributed by atoms with Crippen LogP contribution in [0.3, 0.4) is 0 Å². The van der Waals surface area contributed by atoms with Crippen LogP contribution in [-0.2, 0) is 19.4 Å². The van der Waals surface area contributed by atoms with Crippen molar-refractivity contribution in [2.75, 3.05) is 37.8 Å². The smallest absolute Gasteiger partial charge is 0.237 e. The van der Waals surface area contributed by atoms with Crippen LogP contribution in [0.15, 0.2) is 0 Å². The predicted octanol–water partition coefficient (Wildman–Crippen LogP) is -1.45. The number of amides is 1. The minimum Gasteiger partial charge on any atom is -0.392 e. The Morgan fingerprint density at radius 2 is 1.88 bits per heavy atom. The molecule has 8 heteroatoms. The molecule has 1 aliphatic heterocycles. The number of nitrogens with two attached hydrogens (primary N) is 1. The minimum atomic E-state index is -3.53. The summed E-state index contributed by atoms with van der Waals surface area (Å²) in [5.74, 6) is -1.37. The van der Waals surface area contributed by atoms with E-state index in [1.165, 1.54) is 4.90 Å². The molecule has 1 fully saturated rings. The largest absolute Gasteiger partial charge is 0.392 e. The van der Waals surface area contributed by atoms with E-state index in [-0.39, 0.29) is 4.99 Å². The maximum Gasteiger partial charge on any atom is 0.237 e. The predicted molar refractivity (Wildman–Crippen MR) is 62.8 cm³/mol. The second kappa shape index (κ2) is 5.55. The highest BCUT2D eigenvalue weighted by Gasteiger charge is 2.23. The summed E-state index contributed by atoms with van der Waals surface area (Å²) in [6.07, 6.45) is 0. The third kappa shape index (κ3) is 4.42. The molecule has 0 radical (unpaired) electrons. The Kier molecular flexibility index (Phi) is 4.63. The van der Waals surface area contributed by atoms with Crippen molar-refractivity contribution in [3.8, 4) is 0 Å². The summed E-state index contributed by atoms with van der Waals surface area (Å²) in [7, 11) is -3.53. The highest BCUT2D eigenvalue weighted by atomic mass is 32.2. The van der Waals surface area contributed by atoms with Gasteiger partial charge in [0.1, 0.15) is 11.5 Å². The van der Waals surface area contributed by atoms with E-state index in [4.69, 9.17) is 10.5 Å². The first-order chi connectivity index (χ1) is 7.41. The molecule has 0 aliphatic carbocycles. The number of morpholine rings is 1. The van der Waals surface area contributed by atoms with Crippen molar-refractivity contribution in [1.82, 2.24) is 4.90 Å². The van der Waals surface area contributed by atoms with E-state index < -0.39 is 27.3 Å². The van der Waals surface area contributed by atoms with Gasteiger partial charge in [0.2, 0.25) is 5.91 Å². The van der Waals surface area contributed by atoms with Crippen molar-refractivity contribution in [1.29, 1.82) is 0 Å². The number of carbonyl (C=O) groups is 1. The summed E-state index contributed by atoms with van der Waals surface area (Å²) in [5, 5.41) is 0. The number of hydrogen-bond acceptors (Lipinski definition) is 5. The fourth-order valence-electron chi connectivity index (χ4n) is 1.36. The van der Waals surface area contributed by atoms with Crippen LogP contribution < -0.4 is 5.73 Å².